The molecule has 29 heavy (non-hydrogen) atoms. The lowest BCUT2D eigenvalue weighted by molar-refractivity contribution is 0.0994. The van der Waals surface area contributed by atoms with Gasteiger partial charge in [0.25, 0.3) is 0 Å². The molecule has 0 fully saturated rings. The van der Waals surface area contributed by atoms with Crippen LogP contribution < -0.4 is 0 Å². The third-order valence-electron chi connectivity index (χ3n) is 4.37. The Morgan fingerprint density at radius 3 is 2.34 bits per heavy atom. The smallest absolute Gasteiger partial charge is 0.196 e. The van der Waals surface area contributed by atoms with Crippen LogP contribution in [-0.2, 0) is 0 Å². The molecule has 0 spiro atoms. The van der Waals surface area contributed by atoms with Gasteiger partial charge in [0.1, 0.15) is 5.82 Å². The zero-order valence-corrected chi connectivity index (χ0v) is 16.4. The lowest BCUT2D eigenvalue weighted by Crippen LogP contribution is -2.14. The molecular formula is C22H17FN4OS. The molecule has 144 valence electrons. The maximum absolute atomic E-state index is 13.5. The summed E-state index contributed by atoms with van der Waals surface area (Å²) >= 11 is 1.32. The molecule has 0 aliphatic carbocycles. The number of hydrogen-bond donors (Lipinski definition) is 0. The number of pyridine rings is 1. The minimum Gasteiger partial charge on any atom is -0.293 e. The van der Waals surface area contributed by atoms with Crippen LogP contribution in [0, 0.1) is 5.82 Å². The van der Waals surface area contributed by atoms with E-state index >= 15 is 0 Å². The molecule has 0 saturated carbocycles. The van der Waals surface area contributed by atoms with E-state index in [0.717, 1.165) is 5.56 Å². The van der Waals surface area contributed by atoms with Crippen molar-refractivity contribution in [2.24, 2.45) is 0 Å². The third-order valence-corrected chi connectivity index (χ3v) is 5.41. The molecule has 0 N–H and O–H groups in total. The Labute approximate surface area is 171 Å². The summed E-state index contributed by atoms with van der Waals surface area (Å²) in [6.07, 6.45) is 3.35. The van der Waals surface area contributed by atoms with E-state index in [1.807, 2.05) is 41.8 Å². The van der Waals surface area contributed by atoms with Crippen LogP contribution in [0.4, 0.5) is 4.39 Å². The number of Topliss-reactive ketones (excluding diaryl/α,β-unsaturated/α-hetero) is 1. The van der Waals surface area contributed by atoms with Crippen LogP contribution >= 0.6 is 11.8 Å². The van der Waals surface area contributed by atoms with Crippen LogP contribution in [0.2, 0.25) is 0 Å². The van der Waals surface area contributed by atoms with E-state index in [4.69, 9.17) is 0 Å². The molecule has 0 bridgehead atoms. The third kappa shape index (κ3) is 4.09. The number of aromatic nitrogens is 4. The standard InChI is InChI=1S/C22H17FN4OS/c1-15(20(28)16-5-3-2-4-6-16)29-22-26-25-21(17-11-13-24-14-12-17)27(22)19-9-7-18(23)8-10-19/h2-15H,1H3. The van der Waals surface area contributed by atoms with Crippen molar-refractivity contribution < 1.29 is 9.18 Å². The fraction of sp³-hybridized carbons (Fsp3) is 0.0909. The van der Waals surface area contributed by atoms with Crippen LogP contribution in [0.1, 0.15) is 17.3 Å². The second-order valence-electron chi connectivity index (χ2n) is 6.34. The highest BCUT2D eigenvalue weighted by Crippen LogP contribution is 2.31. The second kappa shape index (κ2) is 8.36. The number of benzene rings is 2. The normalized spacial score (nSPS) is 11.9. The van der Waals surface area contributed by atoms with E-state index in [1.54, 1.807) is 36.7 Å². The molecule has 0 amide bonds. The molecule has 4 aromatic rings. The van der Waals surface area contributed by atoms with Crippen LogP contribution in [0.15, 0.2) is 84.3 Å². The average molecular weight is 404 g/mol. The quantitative estimate of drug-likeness (QED) is 0.340. The largest absolute Gasteiger partial charge is 0.293 e. The number of halogens is 1. The lowest BCUT2D eigenvalue weighted by atomic mass is 10.1. The average Bonchev–Trinajstić information content (AvgIpc) is 3.18. The van der Waals surface area contributed by atoms with E-state index in [1.165, 1.54) is 23.9 Å². The first-order chi connectivity index (χ1) is 14.1. The monoisotopic (exact) mass is 404 g/mol. The zero-order chi connectivity index (χ0) is 20.2. The van der Waals surface area contributed by atoms with Gasteiger partial charge < -0.3 is 0 Å². The summed E-state index contributed by atoms with van der Waals surface area (Å²) in [4.78, 5) is 16.8. The second-order valence-corrected chi connectivity index (χ2v) is 7.65. The summed E-state index contributed by atoms with van der Waals surface area (Å²) in [7, 11) is 0. The van der Waals surface area contributed by atoms with Gasteiger partial charge in [-0.05, 0) is 43.3 Å². The van der Waals surface area contributed by atoms with E-state index in [9.17, 15) is 9.18 Å². The predicted octanol–water partition coefficient (Wildman–Crippen LogP) is 4.83. The van der Waals surface area contributed by atoms with E-state index < -0.39 is 0 Å². The van der Waals surface area contributed by atoms with E-state index in [2.05, 4.69) is 15.2 Å². The molecule has 1 atom stereocenters. The molecule has 4 rings (SSSR count). The maximum Gasteiger partial charge on any atom is 0.196 e. The van der Waals surface area contributed by atoms with Crippen molar-refractivity contribution in [3.8, 4) is 17.1 Å². The zero-order valence-electron chi connectivity index (χ0n) is 15.6. The van der Waals surface area contributed by atoms with Gasteiger partial charge in [-0.2, -0.15) is 0 Å². The highest BCUT2D eigenvalue weighted by Gasteiger charge is 2.22. The molecule has 0 aliphatic rings. The van der Waals surface area contributed by atoms with Crippen molar-refractivity contribution in [1.82, 2.24) is 19.7 Å². The van der Waals surface area contributed by atoms with Crippen molar-refractivity contribution in [2.75, 3.05) is 0 Å². The van der Waals surface area contributed by atoms with Gasteiger partial charge in [0.05, 0.1) is 5.25 Å². The number of nitrogens with zero attached hydrogens (tertiary/aromatic N) is 4. The Kier molecular flexibility index (Phi) is 5.48. The van der Waals surface area contributed by atoms with Crippen molar-refractivity contribution in [3.05, 3.63) is 90.5 Å². The summed E-state index contributed by atoms with van der Waals surface area (Å²) in [5, 5.41) is 8.83. The summed E-state index contributed by atoms with van der Waals surface area (Å²) < 4.78 is 15.3. The van der Waals surface area contributed by atoms with Gasteiger partial charge in [-0.1, -0.05) is 42.1 Å². The van der Waals surface area contributed by atoms with Crippen LogP contribution in [-0.4, -0.2) is 30.8 Å². The number of hydrogen-bond acceptors (Lipinski definition) is 5. The first-order valence-electron chi connectivity index (χ1n) is 9.01. The van der Waals surface area contributed by atoms with Crippen LogP contribution in [0.25, 0.3) is 17.1 Å². The number of carbonyl (C=O) groups is 1. The van der Waals surface area contributed by atoms with Crippen molar-refractivity contribution >= 4 is 17.5 Å². The van der Waals surface area contributed by atoms with E-state index in [-0.39, 0.29) is 16.9 Å². The Hall–Kier alpha value is -3.32. The van der Waals surface area contributed by atoms with E-state index in [0.29, 0.717) is 22.2 Å². The van der Waals surface area contributed by atoms with Gasteiger partial charge in [-0.15, -0.1) is 10.2 Å². The summed E-state index contributed by atoms with van der Waals surface area (Å²) in [6, 6.07) is 18.9. The fourth-order valence-corrected chi connectivity index (χ4v) is 3.85. The van der Waals surface area contributed by atoms with Gasteiger partial charge in [0.15, 0.2) is 16.8 Å². The van der Waals surface area contributed by atoms with Crippen molar-refractivity contribution in [2.45, 2.75) is 17.3 Å². The molecule has 7 heteroatoms. The first kappa shape index (κ1) is 19.0. The molecule has 2 aromatic heterocycles. The number of thioether (sulfide) groups is 1. The Morgan fingerprint density at radius 2 is 1.66 bits per heavy atom. The Morgan fingerprint density at radius 1 is 0.966 bits per heavy atom. The molecule has 0 saturated heterocycles. The molecule has 5 nitrogen and oxygen atoms in total. The number of rotatable bonds is 6. The highest BCUT2D eigenvalue weighted by molar-refractivity contribution is 8.00. The lowest BCUT2D eigenvalue weighted by Gasteiger charge is -2.13. The molecule has 0 radical (unpaired) electrons. The van der Waals surface area contributed by atoms with Gasteiger partial charge >= 0.3 is 0 Å². The van der Waals surface area contributed by atoms with Gasteiger partial charge in [0, 0.05) is 29.2 Å². The SMILES string of the molecule is CC(Sc1nnc(-c2ccncc2)n1-c1ccc(F)cc1)C(=O)c1ccccc1. The number of ketones is 1. The molecular weight excluding hydrogens is 387 g/mol. The van der Waals surface area contributed by atoms with Crippen molar-refractivity contribution in [3.63, 3.8) is 0 Å². The topological polar surface area (TPSA) is 60.7 Å². The minimum atomic E-state index is -0.369. The summed E-state index contributed by atoms with van der Waals surface area (Å²) in [6.45, 7) is 1.84. The van der Waals surface area contributed by atoms with Gasteiger partial charge in [-0.25, -0.2) is 4.39 Å². The summed E-state index contributed by atoms with van der Waals surface area (Å²) in [5.74, 6) is 0.282. The van der Waals surface area contributed by atoms with Crippen LogP contribution in [0.5, 0.6) is 0 Å². The number of carbonyl (C=O) groups excluding carboxylic acids is 1. The van der Waals surface area contributed by atoms with Crippen molar-refractivity contribution in [1.29, 1.82) is 0 Å². The Balaban J connectivity index is 1.72. The molecule has 1 unspecified atom stereocenters. The van der Waals surface area contributed by atoms with Gasteiger partial charge in [0.2, 0.25) is 0 Å². The highest BCUT2D eigenvalue weighted by atomic mass is 32.2. The fourth-order valence-electron chi connectivity index (χ4n) is 2.91. The molecule has 2 heterocycles. The van der Waals surface area contributed by atoms with Crippen LogP contribution in [0.3, 0.4) is 0 Å². The Bertz CT molecular complexity index is 1110. The molecule has 2 aromatic carbocycles. The molecule has 0 aliphatic heterocycles. The predicted molar refractivity (Wildman–Crippen MR) is 111 cm³/mol. The summed E-state index contributed by atoms with van der Waals surface area (Å²) in [5.41, 5.74) is 2.19. The maximum atomic E-state index is 13.5. The first-order valence-corrected chi connectivity index (χ1v) is 9.89. The minimum absolute atomic E-state index is 0.00900. The van der Waals surface area contributed by atoms with Gasteiger partial charge in [-0.3, -0.25) is 14.3 Å².